The highest BCUT2D eigenvalue weighted by atomic mass is 35.5. The summed E-state index contributed by atoms with van der Waals surface area (Å²) in [6.07, 6.45) is 4.43. The van der Waals surface area contributed by atoms with Gasteiger partial charge in [0.1, 0.15) is 0 Å². The molecular weight excluding hydrogens is 516 g/mol. The van der Waals surface area contributed by atoms with E-state index in [0.29, 0.717) is 76.2 Å². The first-order chi connectivity index (χ1) is 18.9. The standard InChI is InChI=1S/C30H35ClN4O4/c1-16-11-18-12-20(32-14-19-5-9-25-30(33-19)34-26(37)15-39-25)13-22(16)21(18)6-8-24(36)28-23(31)7-3-17-4-10-27(38-2)35-29(17)28/h3-5,7,9-10,16,18,20-22,24,32,36H,6,8,11-15H2,1-2H3,(H,33,34,37)/t16-,18?,20?,21?,22?,24?/m1/s1. The molecule has 3 aliphatic rings. The second kappa shape index (κ2) is 10.9. The molecule has 8 nitrogen and oxygen atoms in total. The average Bonchev–Trinajstić information content (AvgIpc) is 3.11. The number of halogens is 1. The van der Waals surface area contributed by atoms with Gasteiger partial charge in [-0.05, 0) is 80.0 Å². The first-order valence-electron chi connectivity index (χ1n) is 13.9. The maximum Gasteiger partial charge on any atom is 0.263 e. The van der Waals surface area contributed by atoms with Crippen molar-refractivity contribution in [3.63, 3.8) is 0 Å². The number of aliphatic hydroxyl groups is 1. The van der Waals surface area contributed by atoms with E-state index in [-0.39, 0.29) is 12.5 Å². The summed E-state index contributed by atoms with van der Waals surface area (Å²) < 4.78 is 10.7. The van der Waals surface area contributed by atoms with Crippen LogP contribution in [0.4, 0.5) is 5.82 Å². The number of rotatable bonds is 8. The van der Waals surface area contributed by atoms with E-state index in [1.54, 1.807) is 7.11 Å². The van der Waals surface area contributed by atoms with Crippen LogP contribution in [0.25, 0.3) is 10.9 Å². The number of hydrogen-bond donors (Lipinski definition) is 3. The smallest absolute Gasteiger partial charge is 0.263 e. The summed E-state index contributed by atoms with van der Waals surface area (Å²) in [4.78, 5) is 20.8. The summed E-state index contributed by atoms with van der Waals surface area (Å²) in [5.41, 5.74) is 2.30. The molecule has 2 aliphatic carbocycles. The van der Waals surface area contributed by atoms with Gasteiger partial charge in [0.15, 0.2) is 18.2 Å². The maximum atomic E-state index is 11.6. The highest BCUT2D eigenvalue weighted by Crippen LogP contribution is 2.52. The molecule has 206 valence electrons. The Kier molecular flexibility index (Phi) is 7.35. The number of carbonyl (C=O) groups is 1. The summed E-state index contributed by atoms with van der Waals surface area (Å²) in [6, 6.07) is 11.8. The van der Waals surface area contributed by atoms with Gasteiger partial charge in [-0.1, -0.05) is 24.6 Å². The minimum Gasteiger partial charge on any atom is -0.481 e. The zero-order valence-electron chi connectivity index (χ0n) is 22.3. The van der Waals surface area contributed by atoms with Gasteiger partial charge in [0, 0.05) is 34.6 Å². The molecule has 3 N–H and O–H groups in total. The number of aromatic nitrogens is 2. The Morgan fingerprint density at radius 2 is 2.03 bits per heavy atom. The zero-order valence-corrected chi connectivity index (χ0v) is 23.1. The lowest BCUT2D eigenvalue weighted by Gasteiger charge is -2.37. The van der Waals surface area contributed by atoms with Crippen LogP contribution in [0.1, 0.15) is 56.4 Å². The molecule has 39 heavy (non-hydrogen) atoms. The Morgan fingerprint density at radius 1 is 1.18 bits per heavy atom. The summed E-state index contributed by atoms with van der Waals surface area (Å²) in [5, 5.41) is 19.3. The Balaban J connectivity index is 1.09. The average molecular weight is 551 g/mol. The van der Waals surface area contributed by atoms with E-state index < -0.39 is 6.10 Å². The fourth-order valence-corrected chi connectivity index (χ4v) is 7.41. The predicted molar refractivity (Wildman–Crippen MR) is 150 cm³/mol. The van der Waals surface area contributed by atoms with Crippen molar-refractivity contribution in [1.29, 1.82) is 0 Å². The van der Waals surface area contributed by atoms with E-state index in [1.807, 2.05) is 36.4 Å². The van der Waals surface area contributed by atoms with Crippen LogP contribution < -0.4 is 20.1 Å². The number of fused-ring (bicyclic) bond motifs is 4. The van der Waals surface area contributed by atoms with E-state index in [1.165, 1.54) is 6.42 Å². The first-order valence-corrected chi connectivity index (χ1v) is 14.2. The normalized spacial score (nSPS) is 26.6. The zero-order chi connectivity index (χ0) is 27.1. The molecule has 0 saturated heterocycles. The molecule has 1 aromatic carbocycles. The Bertz CT molecular complexity index is 1380. The number of pyridine rings is 2. The molecule has 5 unspecified atom stereocenters. The second-order valence-electron chi connectivity index (χ2n) is 11.3. The molecule has 1 amide bonds. The van der Waals surface area contributed by atoms with E-state index in [4.69, 9.17) is 21.1 Å². The highest BCUT2D eigenvalue weighted by Gasteiger charge is 2.46. The number of anilines is 1. The number of carbonyl (C=O) groups excluding carboxylic acids is 1. The summed E-state index contributed by atoms with van der Waals surface area (Å²) in [6.45, 7) is 3.07. The third-order valence-electron chi connectivity index (χ3n) is 8.95. The number of ether oxygens (including phenoxy) is 2. The topological polar surface area (TPSA) is 106 Å². The van der Waals surface area contributed by atoms with Crippen molar-refractivity contribution in [3.8, 4) is 11.6 Å². The summed E-state index contributed by atoms with van der Waals surface area (Å²) >= 11 is 6.58. The number of aliphatic hydroxyl groups excluding tert-OH is 1. The third kappa shape index (κ3) is 5.30. The van der Waals surface area contributed by atoms with E-state index in [0.717, 1.165) is 30.3 Å². The number of nitrogens with zero attached hydrogens (tertiary/aromatic N) is 2. The largest absolute Gasteiger partial charge is 0.481 e. The summed E-state index contributed by atoms with van der Waals surface area (Å²) in [5.74, 6) is 3.98. The Morgan fingerprint density at radius 3 is 2.85 bits per heavy atom. The monoisotopic (exact) mass is 550 g/mol. The molecular formula is C30H35ClN4O4. The van der Waals surface area contributed by atoms with Crippen molar-refractivity contribution in [1.82, 2.24) is 15.3 Å². The van der Waals surface area contributed by atoms with Gasteiger partial charge in [-0.15, -0.1) is 0 Å². The fraction of sp³-hybridized carbons (Fsp3) is 0.500. The van der Waals surface area contributed by atoms with E-state index in [2.05, 4.69) is 27.5 Å². The molecule has 1 aliphatic heterocycles. The van der Waals surface area contributed by atoms with Gasteiger partial charge in [-0.3, -0.25) is 4.79 Å². The highest BCUT2D eigenvalue weighted by molar-refractivity contribution is 6.32. The molecule has 2 saturated carbocycles. The van der Waals surface area contributed by atoms with Gasteiger partial charge in [-0.25, -0.2) is 9.97 Å². The molecule has 0 radical (unpaired) electrons. The van der Waals surface area contributed by atoms with Gasteiger partial charge < -0.3 is 25.2 Å². The van der Waals surface area contributed by atoms with Crippen LogP contribution in [0.3, 0.4) is 0 Å². The van der Waals surface area contributed by atoms with Crippen molar-refractivity contribution in [2.45, 2.75) is 57.7 Å². The van der Waals surface area contributed by atoms with Crippen molar-refractivity contribution in [2.75, 3.05) is 19.0 Å². The molecule has 0 spiro atoms. The molecule has 2 aromatic heterocycles. The van der Waals surface area contributed by atoms with Crippen molar-refractivity contribution < 1.29 is 19.4 Å². The van der Waals surface area contributed by atoms with Crippen LogP contribution in [0.15, 0.2) is 36.4 Å². The molecule has 9 heteroatoms. The van der Waals surface area contributed by atoms with Crippen LogP contribution in [0, 0.1) is 23.7 Å². The number of nitrogens with one attached hydrogen (secondary N) is 2. The molecule has 6 rings (SSSR count). The van der Waals surface area contributed by atoms with Crippen LogP contribution in [0.5, 0.6) is 11.6 Å². The molecule has 3 aromatic rings. The van der Waals surface area contributed by atoms with Crippen LogP contribution >= 0.6 is 11.6 Å². The molecule has 6 atom stereocenters. The second-order valence-corrected chi connectivity index (χ2v) is 11.7. The minimum absolute atomic E-state index is 0.0358. The third-order valence-corrected chi connectivity index (χ3v) is 9.28. The van der Waals surface area contributed by atoms with Crippen molar-refractivity contribution in [2.24, 2.45) is 23.7 Å². The summed E-state index contributed by atoms with van der Waals surface area (Å²) in [7, 11) is 1.59. The predicted octanol–water partition coefficient (Wildman–Crippen LogP) is 5.28. The SMILES string of the molecule is COc1ccc2ccc(Cl)c(C(O)CCC3C4CC(NCc5ccc6c(n5)NC(=O)CO6)CC3[C@H](C)C4)c2n1. The van der Waals surface area contributed by atoms with Gasteiger partial charge in [-0.2, -0.15) is 0 Å². The number of amides is 1. The van der Waals surface area contributed by atoms with E-state index >= 15 is 0 Å². The van der Waals surface area contributed by atoms with Gasteiger partial charge in [0.2, 0.25) is 5.88 Å². The fourth-order valence-electron chi connectivity index (χ4n) is 7.13. The van der Waals surface area contributed by atoms with Crippen LogP contribution in [0.2, 0.25) is 5.02 Å². The number of benzene rings is 1. The Hall–Kier alpha value is -2.94. The number of methoxy groups -OCH3 is 1. The van der Waals surface area contributed by atoms with Gasteiger partial charge in [0.25, 0.3) is 5.91 Å². The lowest BCUT2D eigenvalue weighted by atomic mass is 9.72. The molecule has 2 fully saturated rings. The van der Waals surface area contributed by atoms with E-state index in [9.17, 15) is 9.90 Å². The van der Waals surface area contributed by atoms with Crippen LogP contribution in [-0.4, -0.2) is 40.7 Å². The van der Waals surface area contributed by atoms with Gasteiger partial charge in [0.05, 0.1) is 24.4 Å². The maximum absolute atomic E-state index is 11.6. The van der Waals surface area contributed by atoms with Gasteiger partial charge >= 0.3 is 0 Å². The van der Waals surface area contributed by atoms with Crippen molar-refractivity contribution in [3.05, 3.63) is 52.7 Å². The number of hydrogen-bond acceptors (Lipinski definition) is 7. The lowest BCUT2D eigenvalue weighted by Crippen LogP contribution is -2.39. The quantitative estimate of drug-likeness (QED) is 0.350. The Labute approximate surface area is 233 Å². The van der Waals surface area contributed by atoms with Crippen molar-refractivity contribution >= 4 is 34.2 Å². The minimum atomic E-state index is -0.675. The first kappa shape index (κ1) is 26.3. The van der Waals surface area contributed by atoms with Crippen LogP contribution in [-0.2, 0) is 11.3 Å². The lowest BCUT2D eigenvalue weighted by molar-refractivity contribution is -0.118. The molecule has 2 bridgehead atoms. The molecule has 3 heterocycles.